The lowest BCUT2D eigenvalue weighted by Gasteiger charge is -2.12. The first-order chi connectivity index (χ1) is 19.3. The van der Waals surface area contributed by atoms with Gasteiger partial charge in [0.2, 0.25) is 0 Å². The summed E-state index contributed by atoms with van der Waals surface area (Å²) in [5, 5.41) is 5.10. The van der Waals surface area contributed by atoms with Gasteiger partial charge in [0, 0.05) is 38.5 Å². The molecule has 2 aromatic heterocycles. The molecule has 0 radical (unpaired) electrons. The van der Waals surface area contributed by atoms with E-state index in [1.54, 1.807) is 0 Å². The van der Waals surface area contributed by atoms with Gasteiger partial charge in [-0.05, 0) is 67.1 Å². The van der Waals surface area contributed by atoms with E-state index in [-0.39, 0.29) is 0 Å². The lowest BCUT2D eigenvalue weighted by Crippen LogP contribution is -1.95. The standard InChI is InChI=1S/C37H26N2/c1-25-19-21-35-32(23-25)33-24-26(20-22-36(33)38(35)27-11-4-2-5-12-27)29-16-10-17-31-30-15-8-9-18-34(30)39(37(29)31)28-13-6-3-7-14-28/h2-24H,1H3. The SMILES string of the molecule is Cc1ccc2c(c1)c1cc(-c3cccc4c5ccccc5n(-c5ccccc5)c34)ccc1n2-c1ccccc1. The Balaban J connectivity index is 1.47. The lowest BCUT2D eigenvalue weighted by atomic mass is 9.99. The van der Waals surface area contributed by atoms with E-state index in [1.807, 2.05) is 0 Å². The molecule has 8 rings (SSSR count). The van der Waals surface area contributed by atoms with Gasteiger partial charge in [-0.3, -0.25) is 0 Å². The molecule has 8 aromatic rings. The zero-order chi connectivity index (χ0) is 25.9. The van der Waals surface area contributed by atoms with E-state index in [4.69, 9.17) is 0 Å². The number of hydrogen-bond donors (Lipinski definition) is 0. The van der Waals surface area contributed by atoms with Crippen molar-refractivity contribution in [1.82, 2.24) is 9.13 Å². The summed E-state index contributed by atoms with van der Waals surface area (Å²) in [5.74, 6) is 0. The minimum Gasteiger partial charge on any atom is -0.309 e. The minimum atomic E-state index is 1.17. The molecule has 6 aromatic carbocycles. The molecule has 0 atom stereocenters. The van der Waals surface area contributed by atoms with E-state index in [2.05, 4.69) is 156 Å². The first-order valence-corrected chi connectivity index (χ1v) is 13.5. The average molecular weight is 499 g/mol. The van der Waals surface area contributed by atoms with Crippen molar-refractivity contribution in [2.45, 2.75) is 6.92 Å². The molecule has 0 spiro atoms. The molecule has 0 N–H and O–H groups in total. The fourth-order valence-electron chi connectivity index (χ4n) is 6.26. The average Bonchev–Trinajstić information content (AvgIpc) is 3.50. The van der Waals surface area contributed by atoms with Gasteiger partial charge in [-0.25, -0.2) is 0 Å². The quantitative estimate of drug-likeness (QED) is 0.229. The van der Waals surface area contributed by atoms with Gasteiger partial charge in [0.1, 0.15) is 0 Å². The molecule has 2 heteroatoms. The second-order valence-corrected chi connectivity index (χ2v) is 10.3. The van der Waals surface area contributed by atoms with E-state index >= 15 is 0 Å². The zero-order valence-corrected chi connectivity index (χ0v) is 21.7. The summed E-state index contributed by atoms with van der Waals surface area (Å²) in [5.41, 5.74) is 11.0. The predicted molar refractivity (Wildman–Crippen MR) is 165 cm³/mol. The van der Waals surface area contributed by atoms with E-state index < -0.39 is 0 Å². The van der Waals surface area contributed by atoms with Crippen molar-refractivity contribution in [1.29, 1.82) is 0 Å². The van der Waals surface area contributed by atoms with Crippen LogP contribution in [0.2, 0.25) is 0 Å². The highest BCUT2D eigenvalue weighted by atomic mass is 15.0. The van der Waals surface area contributed by atoms with E-state index in [0.29, 0.717) is 0 Å². The molecule has 0 saturated carbocycles. The molecule has 2 nitrogen and oxygen atoms in total. The maximum absolute atomic E-state index is 2.42. The van der Waals surface area contributed by atoms with Crippen LogP contribution in [-0.4, -0.2) is 9.13 Å². The highest BCUT2D eigenvalue weighted by Crippen LogP contribution is 2.40. The monoisotopic (exact) mass is 498 g/mol. The second kappa shape index (κ2) is 8.47. The van der Waals surface area contributed by atoms with Crippen LogP contribution in [0.4, 0.5) is 0 Å². The number of aromatic nitrogens is 2. The molecular weight excluding hydrogens is 472 g/mol. The number of para-hydroxylation sites is 4. The van der Waals surface area contributed by atoms with Crippen molar-refractivity contribution in [2.75, 3.05) is 0 Å². The molecule has 0 fully saturated rings. The van der Waals surface area contributed by atoms with Crippen LogP contribution >= 0.6 is 0 Å². The number of fused-ring (bicyclic) bond motifs is 6. The third-order valence-electron chi connectivity index (χ3n) is 7.96. The third kappa shape index (κ3) is 3.28. The summed E-state index contributed by atoms with van der Waals surface area (Å²) in [6.07, 6.45) is 0. The van der Waals surface area contributed by atoms with Crippen LogP contribution < -0.4 is 0 Å². The highest BCUT2D eigenvalue weighted by molar-refractivity contribution is 6.15. The van der Waals surface area contributed by atoms with Crippen LogP contribution in [0.15, 0.2) is 140 Å². The maximum atomic E-state index is 2.42. The van der Waals surface area contributed by atoms with Gasteiger partial charge < -0.3 is 9.13 Å². The Kier molecular flexibility index (Phi) is 4.77. The number of benzene rings is 6. The van der Waals surface area contributed by atoms with E-state index in [0.717, 1.165) is 0 Å². The molecule has 0 unspecified atom stereocenters. The molecule has 0 aliphatic heterocycles. The molecule has 0 aliphatic carbocycles. The summed E-state index contributed by atoms with van der Waals surface area (Å²) >= 11 is 0. The Morgan fingerprint density at radius 3 is 1.77 bits per heavy atom. The fraction of sp³-hybridized carbons (Fsp3) is 0.0270. The van der Waals surface area contributed by atoms with Gasteiger partial charge in [-0.15, -0.1) is 0 Å². The van der Waals surface area contributed by atoms with Crippen molar-refractivity contribution in [3.05, 3.63) is 145 Å². The molecule has 184 valence electrons. The molecule has 39 heavy (non-hydrogen) atoms. The second-order valence-electron chi connectivity index (χ2n) is 10.3. The molecule has 0 bridgehead atoms. The zero-order valence-electron chi connectivity index (χ0n) is 21.7. The van der Waals surface area contributed by atoms with Gasteiger partial charge in [0.25, 0.3) is 0 Å². The van der Waals surface area contributed by atoms with Crippen molar-refractivity contribution in [3.8, 4) is 22.5 Å². The Labute approximate surface area is 227 Å². The Hall–Kier alpha value is -5.08. The molecule has 2 heterocycles. The first-order valence-electron chi connectivity index (χ1n) is 13.5. The molecule has 0 saturated heterocycles. The Morgan fingerprint density at radius 2 is 1.00 bits per heavy atom. The van der Waals surface area contributed by atoms with Gasteiger partial charge in [-0.2, -0.15) is 0 Å². The predicted octanol–water partition coefficient (Wildman–Crippen LogP) is 9.86. The van der Waals surface area contributed by atoms with Gasteiger partial charge in [0.15, 0.2) is 0 Å². The smallest absolute Gasteiger partial charge is 0.0619 e. The van der Waals surface area contributed by atoms with Crippen LogP contribution in [0.5, 0.6) is 0 Å². The van der Waals surface area contributed by atoms with E-state index in [9.17, 15) is 0 Å². The summed E-state index contributed by atoms with van der Waals surface area (Å²) in [6.45, 7) is 2.17. The normalized spacial score (nSPS) is 11.7. The highest BCUT2D eigenvalue weighted by Gasteiger charge is 2.18. The van der Waals surface area contributed by atoms with Crippen molar-refractivity contribution in [3.63, 3.8) is 0 Å². The van der Waals surface area contributed by atoms with Crippen LogP contribution in [0.3, 0.4) is 0 Å². The van der Waals surface area contributed by atoms with Crippen molar-refractivity contribution in [2.24, 2.45) is 0 Å². The Morgan fingerprint density at radius 1 is 0.410 bits per heavy atom. The minimum absolute atomic E-state index is 1.17. The van der Waals surface area contributed by atoms with Crippen LogP contribution in [0.1, 0.15) is 5.56 Å². The van der Waals surface area contributed by atoms with Crippen LogP contribution in [0.25, 0.3) is 66.1 Å². The summed E-state index contributed by atoms with van der Waals surface area (Å²) in [7, 11) is 0. The number of rotatable bonds is 3. The number of aryl methyl sites for hydroxylation is 1. The molecule has 0 amide bonds. The fourth-order valence-corrected chi connectivity index (χ4v) is 6.26. The van der Waals surface area contributed by atoms with Crippen molar-refractivity contribution >= 4 is 43.6 Å². The number of hydrogen-bond acceptors (Lipinski definition) is 0. The van der Waals surface area contributed by atoms with Crippen LogP contribution in [-0.2, 0) is 0 Å². The molecule has 0 aliphatic rings. The number of nitrogens with zero attached hydrogens (tertiary/aromatic N) is 2. The largest absolute Gasteiger partial charge is 0.309 e. The lowest BCUT2D eigenvalue weighted by molar-refractivity contribution is 1.18. The topological polar surface area (TPSA) is 9.86 Å². The van der Waals surface area contributed by atoms with Gasteiger partial charge >= 0.3 is 0 Å². The molecular formula is C37H26N2. The summed E-state index contributed by atoms with van der Waals surface area (Å²) < 4.78 is 4.80. The summed E-state index contributed by atoms with van der Waals surface area (Å²) in [4.78, 5) is 0. The van der Waals surface area contributed by atoms with E-state index in [1.165, 1.54) is 71.7 Å². The van der Waals surface area contributed by atoms with Crippen molar-refractivity contribution < 1.29 is 0 Å². The Bertz CT molecular complexity index is 2160. The van der Waals surface area contributed by atoms with Crippen LogP contribution in [0, 0.1) is 6.92 Å². The maximum Gasteiger partial charge on any atom is 0.0619 e. The first kappa shape index (κ1) is 22.0. The van der Waals surface area contributed by atoms with Gasteiger partial charge in [0.05, 0.1) is 22.1 Å². The van der Waals surface area contributed by atoms with Gasteiger partial charge in [-0.1, -0.05) is 90.5 Å². The third-order valence-corrected chi connectivity index (χ3v) is 7.96. The summed E-state index contributed by atoms with van der Waals surface area (Å²) in [6, 6.07) is 50.6.